The first-order valence-corrected chi connectivity index (χ1v) is 5.46. The van der Waals surface area contributed by atoms with Crippen LogP contribution in [0, 0.1) is 13.8 Å². The van der Waals surface area contributed by atoms with Crippen molar-refractivity contribution in [1.29, 1.82) is 0 Å². The van der Waals surface area contributed by atoms with E-state index in [4.69, 9.17) is 4.74 Å². The van der Waals surface area contributed by atoms with E-state index in [0.29, 0.717) is 0 Å². The molecule has 1 aromatic heterocycles. The van der Waals surface area contributed by atoms with Crippen molar-refractivity contribution in [2.75, 3.05) is 13.2 Å². The second-order valence-electron chi connectivity index (χ2n) is 3.73. The smallest absolute Gasteiger partial charge is 0.0483 e. The summed E-state index contributed by atoms with van der Waals surface area (Å²) in [5.41, 5.74) is 2.69. The number of ether oxygens (including phenoxy) is 1. The molecule has 0 N–H and O–H groups in total. The van der Waals surface area contributed by atoms with Crippen LogP contribution < -0.4 is 0 Å². The van der Waals surface area contributed by atoms with Crippen molar-refractivity contribution in [3.8, 4) is 0 Å². The van der Waals surface area contributed by atoms with E-state index in [2.05, 4.69) is 37.5 Å². The van der Waals surface area contributed by atoms with Crippen LogP contribution >= 0.6 is 0 Å². The van der Waals surface area contributed by atoms with E-state index in [-0.39, 0.29) is 0 Å². The van der Waals surface area contributed by atoms with E-state index >= 15 is 0 Å². The van der Waals surface area contributed by atoms with Crippen LogP contribution in [-0.2, 0) is 11.3 Å². The number of nitrogens with zero attached hydrogens (tertiary/aromatic N) is 1. The highest BCUT2D eigenvalue weighted by Gasteiger charge is 1.99. The molecule has 2 heteroatoms. The summed E-state index contributed by atoms with van der Waals surface area (Å²) in [6.45, 7) is 9.29. The van der Waals surface area contributed by atoms with Gasteiger partial charge < -0.3 is 9.30 Å². The first-order valence-electron chi connectivity index (χ1n) is 5.46. The van der Waals surface area contributed by atoms with Gasteiger partial charge in [-0.05, 0) is 38.8 Å². The van der Waals surface area contributed by atoms with E-state index in [1.54, 1.807) is 0 Å². The number of hydrogen-bond donors (Lipinski definition) is 0. The van der Waals surface area contributed by atoms with Crippen LogP contribution in [0.3, 0.4) is 0 Å². The molecule has 0 bridgehead atoms. The van der Waals surface area contributed by atoms with Crippen molar-refractivity contribution in [2.24, 2.45) is 0 Å². The third kappa shape index (κ3) is 3.18. The van der Waals surface area contributed by atoms with Gasteiger partial charge in [0.15, 0.2) is 0 Å². The van der Waals surface area contributed by atoms with Gasteiger partial charge in [0, 0.05) is 31.1 Å². The fourth-order valence-electron chi connectivity index (χ4n) is 1.62. The molecule has 0 saturated heterocycles. The van der Waals surface area contributed by atoms with E-state index in [9.17, 15) is 0 Å². The Labute approximate surface area is 86.9 Å². The highest BCUT2D eigenvalue weighted by Crippen LogP contribution is 2.07. The molecule has 0 radical (unpaired) electrons. The topological polar surface area (TPSA) is 14.2 Å². The molecule has 0 unspecified atom stereocenters. The lowest BCUT2D eigenvalue weighted by molar-refractivity contribution is 0.129. The Balaban J connectivity index is 2.24. The quantitative estimate of drug-likeness (QED) is 0.637. The van der Waals surface area contributed by atoms with Crippen molar-refractivity contribution < 1.29 is 4.74 Å². The third-order valence-electron chi connectivity index (χ3n) is 2.44. The maximum absolute atomic E-state index is 5.45. The number of aryl methyl sites for hydroxylation is 2. The first kappa shape index (κ1) is 11.3. The van der Waals surface area contributed by atoms with Crippen molar-refractivity contribution in [1.82, 2.24) is 4.57 Å². The molecule has 0 saturated carbocycles. The van der Waals surface area contributed by atoms with Crippen molar-refractivity contribution in [3.63, 3.8) is 0 Å². The van der Waals surface area contributed by atoms with Crippen LogP contribution in [0.15, 0.2) is 12.1 Å². The van der Waals surface area contributed by atoms with Gasteiger partial charge in [-0.1, -0.05) is 6.92 Å². The highest BCUT2D eigenvalue weighted by molar-refractivity contribution is 5.13. The molecule has 0 spiro atoms. The standard InChI is InChI=1S/C12H21NO/c1-4-9-14-10-5-8-13-11(2)6-7-12(13)3/h6-7H,4-5,8-10H2,1-3H3. The molecular weight excluding hydrogens is 174 g/mol. The lowest BCUT2D eigenvalue weighted by Crippen LogP contribution is -2.05. The van der Waals surface area contributed by atoms with Crippen molar-refractivity contribution in [3.05, 3.63) is 23.5 Å². The van der Waals surface area contributed by atoms with Gasteiger partial charge in [-0.25, -0.2) is 0 Å². The monoisotopic (exact) mass is 195 g/mol. The Morgan fingerprint density at radius 1 is 1.14 bits per heavy atom. The molecule has 2 nitrogen and oxygen atoms in total. The molecule has 0 aliphatic heterocycles. The summed E-state index contributed by atoms with van der Waals surface area (Å²) < 4.78 is 7.79. The molecule has 1 aromatic rings. The Morgan fingerprint density at radius 3 is 2.36 bits per heavy atom. The summed E-state index contributed by atoms with van der Waals surface area (Å²) in [7, 11) is 0. The first-order chi connectivity index (χ1) is 6.75. The summed E-state index contributed by atoms with van der Waals surface area (Å²) in [6, 6.07) is 4.34. The van der Waals surface area contributed by atoms with Gasteiger partial charge in [0.1, 0.15) is 0 Å². The Hall–Kier alpha value is -0.760. The molecular formula is C12H21NO. The summed E-state index contributed by atoms with van der Waals surface area (Å²) in [5, 5.41) is 0. The largest absolute Gasteiger partial charge is 0.381 e. The van der Waals surface area contributed by atoms with Gasteiger partial charge >= 0.3 is 0 Å². The minimum Gasteiger partial charge on any atom is -0.381 e. The zero-order valence-corrected chi connectivity index (χ0v) is 9.55. The summed E-state index contributed by atoms with van der Waals surface area (Å²) in [5.74, 6) is 0. The van der Waals surface area contributed by atoms with Crippen molar-refractivity contribution in [2.45, 2.75) is 40.2 Å². The fraction of sp³-hybridized carbons (Fsp3) is 0.667. The number of hydrogen-bond acceptors (Lipinski definition) is 1. The predicted molar refractivity (Wildman–Crippen MR) is 59.6 cm³/mol. The van der Waals surface area contributed by atoms with Crippen molar-refractivity contribution >= 4 is 0 Å². The molecule has 0 fully saturated rings. The van der Waals surface area contributed by atoms with Gasteiger partial charge in [0.25, 0.3) is 0 Å². The number of rotatable bonds is 6. The summed E-state index contributed by atoms with van der Waals surface area (Å²) in [6.07, 6.45) is 2.22. The SMILES string of the molecule is CCCOCCCn1c(C)ccc1C. The molecule has 0 amide bonds. The second-order valence-corrected chi connectivity index (χ2v) is 3.73. The van der Waals surface area contributed by atoms with Gasteiger partial charge in [0.05, 0.1) is 0 Å². The van der Waals surface area contributed by atoms with E-state index in [0.717, 1.165) is 32.6 Å². The molecule has 1 heterocycles. The van der Waals surface area contributed by atoms with Crippen LogP contribution in [0.25, 0.3) is 0 Å². The van der Waals surface area contributed by atoms with Crippen LogP contribution in [0.2, 0.25) is 0 Å². The van der Waals surface area contributed by atoms with Gasteiger partial charge in [0.2, 0.25) is 0 Å². The maximum Gasteiger partial charge on any atom is 0.0483 e. The fourth-order valence-corrected chi connectivity index (χ4v) is 1.62. The zero-order chi connectivity index (χ0) is 10.4. The lowest BCUT2D eigenvalue weighted by Gasteiger charge is -2.09. The van der Waals surface area contributed by atoms with Crippen LogP contribution in [-0.4, -0.2) is 17.8 Å². The van der Waals surface area contributed by atoms with Crippen LogP contribution in [0.4, 0.5) is 0 Å². The van der Waals surface area contributed by atoms with Gasteiger partial charge in [-0.2, -0.15) is 0 Å². The maximum atomic E-state index is 5.45. The van der Waals surface area contributed by atoms with Gasteiger partial charge in [-0.15, -0.1) is 0 Å². The molecule has 0 aliphatic rings. The van der Waals surface area contributed by atoms with E-state index in [1.807, 2.05) is 0 Å². The highest BCUT2D eigenvalue weighted by atomic mass is 16.5. The average Bonchev–Trinajstić information content (AvgIpc) is 2.48. The molecule has 1 rings (SSSR count). The molecule has 0 atom stereocenters. The zero-order valence-electron chi connectivity index (χ0n) is 9.55. The minimum absolute atomic E-state index is 0.880. The number of aromatic nitrogens is 1. The molecule has 80 valence electrons. The minimum atomic E-state index is 0.880. The average molecular weight is 195 g/mol. The normalized spacial score (nSPS) is 10.8. The van der Waals surface area contributed by atoms with Gasteiger partial charge in [-0.3, -0.25) is 0 Å². The molecule has 14 heavy (non-hydrogen) atoms. The lowest BCUT2D eigenvalue weighted by atomic mass is 10.4. The third-order valence-corrected chi connectivity index (χ3v) is 2.44. The van der Waals surface area contributed by atoms with E-state index < -0.39 is 0 Å². The second kappa shape index (κ2) is 5.86. The summed E-state index contributed by atoms with van der Waals surface area (Å²) >= 11 is 0. The van der Waals surface area contributed by atoms with E-state index in [1.165, 1.54) is 11.4 Å². The van der Waals surface area contributed by atoms with Crippen LogP contribution in [0.5, 0.6) is 0 Å². The Morgan fingerprint density at radius 2 is 1.79 bits per heavy atom. The molecule has 0 aliphatic carbocycles. The predicted octanol–water partition coefficient (Wildman–Crippen LogP) is 2.92. The Bertz CT molecular complexity index is 246. The Kier molecular flexibility index (Phi) is 4.74. The van der Waals surface area contributed by atoms with Crippen LogP contribution in [0.1, 0.15) is 31.2 Å². The summed E-state index contributed by atoms with van der Waals surface area (Å²) in [4.78, 5) is 0. The molecule has 0 aromatic carbocycles.